The molecule has 1 saturated heterocycles. The zero-order chi connectivity index (χ0) is 27.2. The van der Waals surface area contributed by atoms with Gasteiger partial charge in [-0.05, 0) is 69.5 Å². The number of nitrogens with one attached hydrogen (secondary N) is 4. The molecule has 3 aromatic rings. The van der Waals surface area contributed by atoms with E-state index < -0.39 is 15.6 Å². The van der Waals surface area contributed by atoms with Crippen molar-refractivity contribution in [3.63, 3.8) is 0 Å². The van der Waals surface area contributed by atoms with E-state index in [2.05, 4.69) is 35.6 Å². The maximum atomic E-state index is 12.9. The third-order valence-electron chi connectivity index (χ3n) is 5.65. The largest absolute Gasteiger partial charge is 0.377 e. The van der Waals surface area contributed by atoms with Crippen LogP contribution in [-0.2, 0) is 21.3 Å². The lowest BCUT2D eigenvalue weighted by Crippen LogP contribution is -2.41. The van der Waals surface area contributed by atoms with Gasteiger partial charge >= 0.3 is 0 Å². The molecule has 1 fully saturated rings. The third kappa shape index (κ3) is 7.70. The van der Waals surface area contributed by atoms with Crippen molar-refractivity contribution in [2.75, 3.05) is 23.8 Å². The number of amides is 1. The van der Waals surface area contributed by atoms with E-state index in [1.54, 1.807) is 24.5 Å². The van der Waals surface area contributed by atoms with E-state index >= 15 is 0 Å². The van der Waals surface area contributed by atoms with Gasteiger partial charge in [0, 0.05) is 49.5 Å². The first-order chi connectivity index (χ1) is 18.1. The fourth-order valence-electron chi connectivity index (χ4n) is 3.78. The van der Waals surface area contributed by atoms with Gasteiger partial charge in [0.2, 0.25) is 16.0 Å². The number of rotatable bonds is 10. The number of pyridine rings is 1. The SMILES string of the molecule is CC(C)(C)NC(=O)c1cnc(Nc2ccc(S(=O)(=O)NCC3CCCO3)cc2)nc1NCc1cccnc1. The van der Waals surface area contributed by atoms with Gasteiger partial charge in [0.25, 0.3) is 5.91 Å². The van der Waals surface area contributed by atoms with Gasteiger partial charge in [0.05, 0.1) is 11.0 Å². The average molecular weight is 540 g/mol. The minimum atomic E-state index is -3.66. The molecule has 0 spiro atoms. The molecule has 1 aliphatic heterocycles. The van der Waals surface area contributed by atoms with E-state index in [1.165, 1.54) is 18.3 Å². The number of anilines is 3. The topological polar surface area (TPSA) is 147 Å². The Morgan fingerprint density at radius 3 is 2.58 bits per heavy atom. The monoisotopic (exact) mass is 539 g/mol. The molecule has 11 nitrogen and oxygen atoms in total. The molecule has 4 rings (SSSR count). The Morgan fingerprint density at radius 2 is 1.92 bits per heavy atom. The Kier molecular flexibility index (Phi) is 8.55. The van der Waals surface area contributed by atoms with Crippen molar-refractivity contribution < 1.29 is 17.9 Å². The highest BCUT2D eigenvalue weighted by atomic mass is 32.2. The lowest BCUT2D eigenvalue weighted by molar-refractivity contribution is 0.0919. The molecule has 1 aliphatic rings. The highest BCUT2D eigenvalue weighted by Gasteiger charge is 2.22. The summed E-state index contributed by atoms with van der Waals surface area (Å²) in [5.41, 5.74) is 1.38. The van der Waals surface area contributed by atoms with Gasteiger partial charge in [0.15, 0.2) is 0 Å². The van der Waals surface area contributed by atoms with Gasteiger partial charge in [-0.2, -0.15) is 4.98 Å². The van der Waals surface area contributed by atoms with Crippen molar-refractivity contribution in [3.8, 4) is 0 Å². The Labute approximate surface area is 222 Å². The molecule has 0 aliphatic carbocycles. The van der Waals surface area contributed by atoms with Crippen molar-refractivity contribution in [3.05, 3.63) is 66.1 Å². The minimum Gasteiger partial charge on any atom is -0.377 e. The molecule has 0 radical (unpaired) electrons. The predicted molar refractivity (Wildman–Crippen MR) is 145 cm³/mol. The molecular formula is C26H33N7O4S. The van der Waals surface area contributed by atoms with Crippen LogP contribution in [0.1, 0.15) is 49.5 Å². The molecule has 1 amide bonds. The summed E-state index contributed by atoms with van der Waals surface area (Å²) in [5.74, 6) is 0.298. The van der Waals surface area contributed by atoms with E-state index in [-0.39, 0.29) is 29.4 Å². The molecule has 1 atom stereocenters. The zero-order valence-electron chi connectivity index (χ0n) is 21.7. The molecule has 202 valence electrons. The standard InChI is InChI=1S/C26H33N7O4S/c1-26(2,3)33-24(34)22-17-29-25(32-23(22)28-15-18-6-4-12-27-14-18)31-19-8-10-21(11-9-19)38(35,36)30-16-20-7-5-13-37-20/h4,6,8-12,14,17,20,30H,5,7,13,15-16H2,1-3H3,(H,33,34)(H2,28,29,31,32). The van der Waals surface area contributed by atoms with E-state index in [1.807, 2.05) is 32.9 Å². The van der Waals surface area contributed by atoms with Gasteiger partial charge in [-0.15, -0.1) is 0 Å². The number of aromatic nitrogens is 3. The molecule has 1 unspecified atom stereocenters. The van der Waals surface area contributed by atoms with Crippen LogP contribution in [0.4, 0.5) is 17.5 Å². The number of hydrogen-bond acceptors (Lipinski definition) is 9. The van der Waals surface area contributed by atoms with Gasteiger partial charge in [-0.25, -0.2) is 18.1 Å². The van der Waals surface area contributed by atoms with Gasteiger partial charge in [-0.1, -0.05) is 6.07 Å². The maximum Gasteiger partial charge on any atom is 0.257 e. The van der Waals surface area contributed by atoms with Gasteiger partial charge in [0.1, 0.15) is 11.4 Å². The number of nitrogens with zero attached hydrogens (tertiary/aromatic N) is 3. The van der Waals surface area contributed by atoms with Crippen LogP contribution in [-0.4, -0.2) is 54.1 Å². The highest BCUT2D eigenvalue weighted by Crippen LogP contribution is 2.21. The van der Waals surface area contributed by atoms with Crippen LogP contribution in [0.2, 0.25) is 0 Å². The molecule has 38 heavy (non-hydrogen) atoms. The lowest BCUT2D eigenvalue weighted by Gasteiger charge is -2.21. The molecule has 3 heterocycles. The van der Waals surface area contributed by atoms with E-state index in [4.69, 9.17) is 4.74 Å². The smallest absolute Gasteiger partial charge is 0.257 e. The molecule has 0 saturated carbocycles. The third-order valence-corrected chi connectivity index (χ3v) is 7.09. The summed E-state index contributed by atoms with van der Waals surface area (Å²) in [5, 5.41) is 9.20. The van der Waals surface area contributed by atoms with Crippen LogP contribution in [0.15, 0.2) is 59.9 Å². The summed E-state index contributed by atoms with van der Waals surface area (Å²) < 4.78 is 33.4. The first kappa shape index (κ1) is 27.4. The summed E-state index contributed by atoms with van der Waals surface area (Å²) in [7, 11) is -3.66. The van der Waals surface area contributed by atoms with Crippen molar-refractivity contribution >= 4 is 33.4 Å². The predicted octanol–water partition coefficient (Wildman–Crippen LogP) is 3.21. The second-order valence-electron chi connectivity index (χ2n) is 10.0. The molecular weight excluding hydrogens is 506 g/mol. The average Bonchev–Trinajstić information content (AvgIpc) is 3.40. The van der Waals surface area contributed by atoms with Crippen LogP contribution < -0.4 is 20.7 Å². The Hall–Kier alpha value is -3.61. The minimum absolute atomic E-state index is 0.0859. The van der Waals surface area contributed by atoms with E-state index in [9.17, 15) is 13.2 Å². The van der Waals surface area contributed by atoms with Crippen LogP contribution in [0.25, 0.3) is 0 Å². The molecule has 2 aromatic heterocycles. The Bertz CT molecular complexity index is 1340. The lowest BCUT2D eigenvalue weighted by atomic mass is 10.1. The van der Waals surface area contributed by atoms with Crippen molar-refractivity contribution in [2.45, 2.75) is 56.7 Å². The summed E-state index contributed by atoms with van der Waals surface area (Å²) in [4.78, 5) is 26.0. The fourth-order valence-corrected chi connectivity index (χ4v) is 4.84. The van der Waals surface area contributed by atoms with Crippen LogP contribution in [0.3, 0.4) is 0 Å². The summed E-state index contributed by atoms with van der Waals surface area (Å²) in [6.07, 6.45) is 6.58. The number of benzene rings is 1. The number of sulfonamides is 1. The van der Waals surface area contributed by atoms with E-state index in [0.717, 1.165) is 18.4 Å². The summed E-state index contributed by atoms with van der Waals surface area (Å²) in [6.45, 7) is 7.01. The molecule has 12 heteroatoms. The summed E-state index contributed by atoms with van der Waals surface area (Å²) in [6, 6.07) is 10.0. The maximum absolute atomic E-state index is 12.9. The normalized spacial score (nSPS) is 15.7. The first-order valence-corrected chi connectivity index (χ1v) is 13.9. The second kappa shape index (κ2) is 11.8. The molecule has 4 N–H and O–H groups in total. The molecule has 0 bridgehead atoms. The first-order valence-electron chi connectivity index (χ1n) is 12.4. The summed E-state index contributed by atoms with van der Waals surface area (Å²) >= 11 is 0. The second-order valence-corrected chi connectivity index (χ2v) is 11.8. The number of carbonyl (C=O) groups is 1. The van der Waals surface area contributed by atoms with Crippen LogP contribution in [0.5, 0.6) is 0 Å². The van der Waals surface area contributed by atoms with Crippen molar-refractivity contribution in [1.29, 1.82) is 0 Å². The van der Waals surface area contributed by atoms with Crippen LogP contribution >= 0.6 is 0 Å². The zero-order valence-corrected chi connectivity index (χ0v) is 22.5. The Balaban J connectivity index is 1.48. The number of ether oxygens (including phenoxy) is 1. The molecule has 1 aromatic carbocycles. The quantitative estimate of drug-likeness (QED) is 0.305. The number of carbonyl (C=O) groups excluding carboxylic acids is 1. The number of hydrogen-bond donors (Lipinski definition) is 4. The van der Waals surface area contributed by atoms with E-state index in [0.29, 0.717) is 30.2 Å². The van der Waals surface area contributed by atoms with Crippen molar-refractivity contribution in [1.82, 2.24) is 25.0 Å². The van der Waals surface area contributed by atoms with Gasteiger partial charge in [-0.3, -0.25) is 9.78 Å². The van der Waals surface area contributed by atoms with Crippen molar-refractivity contribution in [2.24, 2.45) is 0 Å². The highest BCUT2D eigenvalue weighted by molar-refractivity contribution is 7.89. The van der Waals surface area contributed by atoms with Gasteiger partial charge < -0.3 is 20.7 Å². The van der Waals surface area contributed by atoms with Crippen LogP contribution in [0, 0.1) is 0 Å². The Morgan fingerprint density at radius 1 is 1.13 bits per heavy atom. The fraction of sp³-hybridized carbons (Fsp3) is 0.385.